The molecule has 4 aromatic carbocycles. The third kappa shape index (κ3) is 6.65. The molecule has 1 aliphatic rings. The van der Waals surface area contributed by atoms with Crippen LogP contribution in [0.1, 0.15) is 17.2 Å². The zero-order chi connectivity index (χ0) is 29.5. The number of piperazine rings is 1. The third-order valence-electron chi connectivity index (χ3n) is 7.07. The van der Waals surface area contributed by atoms with Crippen LogP contribution in [0, 0.1) is 10.1 Å². The molecule has 0 saturated carbocycles. The monoisotopic (exact) mass is 586 g/mol. The Morgan fingerprint density at radius 2 is 1.36 bits per heavy atom. The Balaban J connectivity index is 1.20. The maximum Gasteiger partial charge on any atom is 0.310 e. The molecule has 10 nitrogen and oxygen atoms in total. The van der Waals surface area contributed by atoms with Crippen molar-refractivity contribution in [1.29, 1.82) is 0 Å². The Morgan fingerprint density at radius 3 is 1.93 bits per heavy atom. The summed E-state index contributed by atoms with van der Waals surface area (Å²) in [6, 6.07) is 32.1. The lowest BCUT2D eigenvalue weighted by molar-refractivity contribution is -0.385. The molecule has 5 rings (SSSR count). The van der Waals surface area contributed by atoms with Gasteiger partial charge in [-0.25, -0.2) is 8.42 Å². The van der Waals surface area contributed by atoms with Gasteiger partial charge in [-0.1, -0.05) is 72.8 Å². The van der Waals surface area contributed by atoms with Crippen LogP contribution >= 0.6 is 0 Å². The minimum atomic E-state index is -3.74. The van der Waals surface area contributed by atoms with Gasteiger partial charge in [0.25, 0.3) is 5.91 Å². The normalized spacial score (nSPS) is 14.4. The number of carbonyl (C=O) groups excluding carboxylic acids is 1. The van der Waals surface area contributed by atoms with Crippen molar-refractivity contribution >= 4 is 27.3 Å². The number of benzene rings is 4. The second kappa shape index (κ2) is 12.9. The Labute approximate surface area is 244 Å². The molecule has 0 bridgehead atoms. The quantitative estimate of drug-likeness (QED) is 0.211. The molecule has 0 radical (unpaired) electrons. The third-order valence-corrected chi connectivity index (χ3v) is 8.98. The van der Waals surface area contributed by atoms with E-state index in [0.29, 0.717) is 31.9 Å². The fourth-order valence-electron chi connectivity index (χ4n) is 5.02. The van der Waals surface area contributed by atoms with Crippen LogP contribution in [0.5, 0.6) is 5.75 Å². The lowest BCUT2D eigenvalue weighted by atomic mass is 9.96. The number of hydrogen-bond acceptors (Lipinski definition) is 7. The van der Waals surface area contributed by atoms with E-state index in [1.807, 2.05) is 36.4 Å². The van der Waals surface area contributed by atoms with Gasteiger partial charge in [-0.3, -0.25) is 19.8 Å². The Bertz CT molecular complexity index is 1590. The van der Waals surface area contributed by atoms with Crippen LogP contribution in [0.15, 0.2) is 114 Å². The second-order valence-corrected chi connectivity index (χ2v) is 11.7. The van der Waals surface area contributed by atoms with E-state index < -0.39 is 27.5 Å². The Hall–Kier alpha value is -4.58. The highest BCUT2D eigenvalue weighted by atomic mass is 32.2. The number of ether oxygens (including phenoxy) is 1. The van der Waals surface area contributed by atoms with Gasteiger partial charge >= 0.3 is 5.69 Å². The van der Waals surface area contributed by atoms with Gasteiger partial charge in [0.15, 0.2) is 12.4 Å². The molecule has 1 aliphatic heterocycles. The lowest BCUT2D eigenvalue weighted by Gasteiger charge is -2.39. The molecular weight excluding hydrogens is 556 g/mol. The molecular formula is C31H30N4O6S. The number of nitrogens with one attached hydrogen (secondary N) is 1. The van der Waals surface area contributed by atoms with Crippen LogP contribution in [-0.2, 0) is 14.8 Å². The molecule has 1 amide bonds. The largest absolute Gasteiger partial charge is 0.477 e. The molecule has 0 aromatic heterocycles. The van der Waals surface area contributed by atoms with Gasteiger partial charge in [0.05, 0.1) is 15.9 Å². The van der Waals surface area contributed by atoms with Gasteiger partial charge in [0.2, 0.25) is 10.0 Å². The van der Waals surface area contributed by atoms with Gasteiger partial charge in [0, 0.05) is 37.9 Å². The van der Waals surface area contributed by atoms with Gasteiger partial charge in [-0.05, 0) is 41.5 Å². The molecule has 0 unspecified atom stereocenters. The van der Waals surface area contributed by atoms with E-state index in [9.17, 15) is 23.3 Å². The molecule has 1 fully saturated rings. The number of rotatable bonds is 10. The van der Waals surface area contributed by atoms with Crippen LogP contribution < -0.4 is 10.1 Å². The zero-order valence-electron chi connectivity index (χ0n) is 22.7. The SMILES string of the molecule is O=C(COc1ccccc1[N+](=O)[O-])Nc1ccc(S(=O)(=O)N2CCN(C(c3ccccc3)c3ccccc3)CC2)cc1. The number of nitrogens with zero attached hydrogens (tertiary/aromatic N) is 3. The highest BCUT2D eigenvalue weighted by Gasteiger charge is 2.32. The molecule has 1 N–H and O–H groups in total. The summed E-state index contributed by atoms with van der Waals surface area (Å²) in [5.41, 5.74) is 2.45. The summed E-state index contributed by atoms with van der Waals surface area (Å²) in [4.78, 5) is 25.3. The van der Waals surface area contributed by atoms with Crippen LogP contribution in [-0.4, -0.2) is 61.2 Å². The van der Waals surface area contributed by atoms with Crippen LogP contribution in [0.25, 0.3) is 0 Å². The first-order chi connectivity index (χ1) is 20.3. The fraction of sp³-hybridized carbons (Fsp3) is 0.194. The number of nitro groups is 1. The number of para-hydroxylation sites is 2. The van der Waals surface area contributed by atoms with Gasteiger partial charge in [-0.2, -0.15) is 4.31 Å². The van der Waals surface area contributed by atoms with Crippen molar-refractivity contribution in [3.05, 3.63) is 130 Å². The topological polar surface area (TPSA) is 122 Å². The molecule has 0 atom stereocenters. The predicted molar refractivity (Wildman–Crippen MR) is 159 cm³/mol. The first-order valence-corrected chi connectivity index (χ1v) is 14.9. The number of amides is 1. The molecule has 4 aromatic rings. The molecule has 0 spiro atoms. The first-order valence-electron chi connectivity index (χ1n) is 13.4. The van der Waals surface area contributed by atoms with E-state index in [1.165, 1.54) is 46.8 Å². The fourth-order valence-corrected chi connectivity index (χ4v) is 6.44. The predicted octanol–water partition coefficient (Wildman–Crippen LogP) is 4.71. The standard InChI is InChI=1S/C31H30N4O6S/c36-30(23-41-29-14-8-7-13-28(29)35(37)38)32-26-15-17-27(18-16-26)42(39,40)34-21-19-33(20-22-34)31(24-9-3-1-4-10-24)25-11-5-2-6-12-25/h1-18,31H,19-23H2,(H,32,36). The van der Waals surface area contributed by atoms with Crippen molar-refractivity contribution < 1.29 is 22.9 Å². The van der Waals surface area contributed by atoms with Crippen molar-refractivity contribution in [2.75, 3.05) is 38.1 Å². The van der Waals surface area contributed by atoms with E-state index >= 15 is 0 Å². The Kier molecular flexibility index (Phi) is 8.91. The van der Waals surface area contributed by atoms with E-state index in [4.69, 9.17) is 4.74 Å². The average molecular weight is 587 g/mol. The first kappa shape index (κ1) is 28.9. The summed E-state index contributed by atoms with van der Waals surface area (Å²) >= 11 is 0. The number of anilines is 1. The van der Waals surface area contributed by atoms with Crippen molar-refractivity contribution in [2.24, 2.45) is 0 Å². The minimum absolute atomic E-state index is 0.0157. The highest BCUT2D eigenvalue weighted by molar-refractivity contribution is 7.89. The molecule has 42 heavy (non-hydrogen) atoms. The highest BCUT2D eigenvalue weighted by Crippen LogP contribution is 2.31. The second-order valence-electron chi connectivity index (χ2n) is 9.75. The molecule has 1 heterocycles. The molecule has 11 heteroatoms. The maximum absolute atomic E-state index is 13.4. The minimum Gasteiger partial charge on any atom is -0.477 e. The van der Waals surface area contributed by atoms with Crippen LogP contribution in [0.3, 0.4) is 0 Å². The lowest BCUT2D eigenvalue weighted by Crippen LogP contribution is -2.49. The maximum atomic E-state index is 13.4. The summed E-state index contributed by atoms with van der Waals surface area (Å²) in [5.74, 6) is -0.552. The summed E-state index contributed by atoms with van der Waals surface area (Å²) in [5, 5.41) is 13.7. The number of carbonyl (C=O) groups is 1. The van der Waals surface area contributed by atoms with Crippen LogP contribution in [0.2, 0.25) is 0 Å². The van der Waals surface area contributed by atoms with Gasteiger partial charge in [0.1, 0.15) is 0 Å². The zero-order valence-corrected chi connectivity index (χ0v) is 23.5. The molecule has 1 saturated heterocycles. The summed E-state index contributed by atoms with van der Waals surface area (Å²) in [6.45, 7) is 1.39. The summed E-state index contributed by atoms with van der Waals surface area (Å²) in [6.07, 6.45) is 0. The Morgan fingerprint density at radius 1 is 0.810 bits per heavy atom. The van der Waals surface area contributed by atoms with Crippen molar-refractivity contribution in [3.63, 3.8) is 0 Å². The molecule has 216 valence electrons. The van der Waals surface area contributed by atoms with Crippen molar-refractivity contribution in [3.8, 4) is 5.75 Å². The number of hydrogen-bond donors (Lipinski definition) is 1. The van der Waals surface area contributed by atoms with Crippen molar-refractivity contribution in [1.82, 2.24) is 9.21 Å². The van der Waals surface area contributed by atoms with Gasteiger partial charge < -0.3 is 10.1 Å². The van der Waals surface area contributed by atoms with Crippen molar-refractivity contribution in [2.45, 2.75) is 10.9 Å². The van der Waals surface area contributed by atoms with E-state index in [0.717, 1.165) is 11.1 Å². The van der Waals surface area contributed by atoms with E-state index in [2.05, 4.69) is 34.5 Å². The smallest absolute Gasteiger partial charge is 0.310 e. The van der Waals surface area contributed by atoms with Gasteiger partial charge in [-0.15, -0.1) is 0 Å². The van der Waals surface area contributed by atoms with E-state index in [-0.39, 0.29) is 22.4 Å². The summed E-state index contributed by atoms with van der Waals surface area (Å²) in [7, 11) is -3.74. The number of sulfonamides is 1. The van der Waals surface area contributed by atoms with E-state index in [1.54, 1.807) is 6.07 Å². The average Bonchev–Trinajstić information content (AvgIpc) is 3.02. The summed E-state index contributed by atoms with van der Waals surface area (Å²) < 4.78 is 33.7. The number of nitro benzene ring substituents is 1. The van der Waals surface area contributed by atoms with Crippen LogP contribution in [0.4, 0.5) is 11.4 Å². The molecule has 0 aliphatic carbocycles.